The molecule has 1 aliphatic heterocycles. The van der Waals surface area contributed by atoms with Crippen molar-refractivity contribution in [3.63, 3.8) is 0 Å². The minimum Gasteiger partial charge on any atom is -0.383 e. The number of hydrogen-bond donors (Lipinski definition) is 2. The van der Waals surface area contributed by atoms with Gasteiger partial charge in [-0.3, -0.25) is 4.79 Å². The van der Waals surface area contributed by atoms with Gasteiger partial charge in [-0.25, -0.2) is 0 Å². The van der Waals surface area contributed by atoms with Crippen LogP contribution in [0, 0.1) is 6.92 Å². The molecule has 1 unspecified atom stereocenters. The molecule has 0 radical (unpaired) electrons. The summed E-state index contributed by atoms with van der Waals surface area (Å²) in [5.41, 5.74) is 1.42. The molecular weight excluding hydrogens is 311 g/mol. The van der Waals surface area contributed by atoms with Gasteiger partial charge < -0.3 is 15.4 Å². The lowest BCUT2D eigenvalue weighted by molar-refractivity contribution is 0.0892. The summed E-state index contributed by atoms with van der Waals surface area (Å²) in [6.45, 7) is 4.04. The topological polar surface area (TPSA) is 50.4 Å². The maximum Gasteiger partial charge on any atom is 0.251 e. The van der Waals surface area contributed by atoms with Crippen molar-refractivity contribution in [3.8, 4) is 0 Å². The van der Waals surface area contributed by atoms with Gasteiger partial charge >= 0.3 is 0 Å². The number of ether oxygens (including phenoxy) is 1. The molecular formula is C15H22Cl2N2O2. The number of hydrogen-bond acceptors (Lipinski definition) is 3. The number of halogens is 2. The molecule has 2 rings (SSSR count). The average Bonchev–Trinajstić information content (AvgIpc) is 2.89. The number of methoxy groups -OCH3 is 1. The highest BCUT2D eigenvalue weighted by atomic mass is 35.5. The molecule has 2 N–H and O–H groups in total. The minimum absolute atomic E-state index is 0. The van der Waals surface area contributed by atoms with Crippen molar-refractivity contribution >= 4 is 29.9 Å². The Morgan fingerprint density at radius 3 is 2.86 bits per heavy atom. The molecule has 1 saturated heterocycles. The first kappa shape index (κ1) is 18.2. The molecule has 1 heterocycles. The smallest absolute Gasteiger partial charge is 0.251 e. The molecule has 1 atom stereocenters. The van der Waals surface area contributed by atoms with Crippen LogP contribution < -0.4 is 10.6 Å². The number of aryl methyl sites for hydroxylation is 1. The fraction of sp³-hybridized carbons (Fsp3) is 0.533. The van der Waals surface area contributed by atoms with Crippen LogP contribution in [0.2, 0.25) is 5.02 Å². The Morgan fingerprint density at radius 1 is 1.52 bits per heavy atom. The van der Waals surface area contributed by atoms with Gasteiger partial charge in [-0.1, -0.05) is 17.7 Å². The molecule has 0 aliphatic carbocycles. The SMILES string of the molecule is COCC1(CNC(=O)c2ccc(C)c(Cl)c2)CCCN1.Cl. The van der Waals surface area contributed by atoms with E-state index in [0.717, 1.165) is 24.9 Å². The Morgan fingerprint density at radius 2 is 2.29 bits per heavy atom. The molecule has 0 saturated carbocycles. The molecule has 118 valence electrons. The zero-order valence-electron chi connectivity index (χ0n) is 12.4. The number of carbonyl (C=O) groups is 1. The van der Waals surface area contributed by atoms with E-state index in [0.29, 0.717) is 23.7 Å². The van der Waals surface area contributed by atoms with Gasteiger partial charge in [0, 0.05) is 24.2 Å². The first-order valence-electron chi connectivity index (χ1n) is 6.85. The van der Waals surface area contributed by atoms with Crippen molar-refractivity contribution in [1.82, 2.24) is 10.6 Å². The van der Waals surface area contributed by atoms with E-state index in [1.807, 2.05) is 13.0 Å². The normalized spacial score (nSPS) is 20.9. The van der Waals surface area contributed by atoms with Crippen molar-refractivity contribution in [2.45, 2.75) is 25.3 Å². The van der Waals surface area contributed by atoms with Gasteiger partial charge in [-0.05, 0) is 44.0 Å². The van der Waals surface area contributed by atoms with E-state index in [1.165, 1.54) is 0 Å². The highest BCUT2D eigenvalue weighted by molar-refractivity contribution is 6.31. The molecule has 1 amide bonds. The number of carbonyl (C=O) groups excluding carboxylic acids is 1. The molecule has 0 aromatic heterocycles. The third-order valence-electron chi connectivity index (χ3n) is 3.77. The van der Waals surface area contributed by atoms with E-state index in [4.69, 9.17) is 16.3 Å². The Bertz CT molecular complexity index is 489. The van der Waals surface area contributed by atoms with Crippen molar-refractivity contribution in [2.24, 2.45) is 0 Å². The van der Waals surface area contributed by atoms with Crippen LogP contribution in [-0.2, 0) is 4.74 Å². The Hall–Kier alpha value is -0.810. The first-order chi connectivity index (χ1) is 9.56. The monoisotopic (exact) mass is 332 g/mol. The van der Waals surface area contributed by atoms with E-state index in [1.54, 1.807) is 19.2 Å². The van der Waals surface area contributed by atoms with Crippen molar-refractivity contribution in [1.29, 1.82) is 0 Å². The summed E-state index contributed by atoms with van der Waals surface area (Å²) in [5.74, 6) is -0.101. The number of benzene rings is 1. The van der Waals surface area contributed by atoms with Gasteiger partial charge in [0.15, 0.2) is 0 Å². The summed E-state index contributed by atoms with van der Waals surface area (Å²) < 4.78 is 5.27. The van der Waals surface area contributed by atoms with Crippen LogP contribution in [0.25, 0.3) is 0 Å². The van der Waals surface area contributed by atoms with E-state index in [-0.39, 0.29) is 23.9 Å². The fourth-order valence-corrected chi connectivity index (χ4v) is 2.74. The number of nitrogens with one attached hydrogen (secondary N) is 2. The van der Waals surface area contributed by atoms with E-state index < -0.39 is 0 Å². The molecule has 0 spiro atoms. The second kappa shape index (κ2) is 7.99. The molecule has 1 aromatic carbocycles. The van der Waals surface area contributed by atoms with Crippen LogP contribution in [0.1, 0.15) is 28.8 Å². The zero-order chi connectivity index (χ0) is 14.6. The van der Waals surface area contributed by atoms with Crippen LogP contribution >= 0.6 is 24.0 Å². The fourth-order valence-electron chi connectivity index (χ4n) is 2.56. The average molecular weight is 333 g/mol. The second-order valence-electron chi connectivity index (χ2n) is 5.39. The molecule has 21 heavy (non-hydrogen) atoms. The predicted molar refractivity (Wildman–Crippen MR) is 87.6 cm³/mol. The third-order valence-corrected chi connectivity index (χ3v) is 4.18. The summed E-state index contributed by atoms with van der Waals surface area (Å²) in [6.07, 6.45) is 2.12. The lowest BCUT2D eigenvalue weighted by Gasteiger charge is -2.29. The maximum absolute atomic E-state index is 12.2. The summed E-state index contributed by atoms with van der Waals surface area (Å²) in [4.78, 5) is 12.2. The van der Waals surface area contributed by atoms with Gasteiger partial charge in [0.25, 0.3) is 5.91 Å². The summed E-state index contributed by atoms with van der Waals surface area (Å²) >= 11 is 6.05. The standard InChI is InChI=1S/C15H21ClN2O2.ClH/c1-11-4-5-12(8-13(11)16)14(19)17-9-15(10-20-2)6-3-7-18-15;/h4-5,8,18H,3,6-7,9-10H2,1-2H3,(H,17,19);1H. The van der Waals surface area contributed by atoms with Gasteiger partial charge in [-0.2, -0.15) is 0 Å². The van der Waals surface area contributed by atoms with Crippen molar-refractivity contribution in [3.05, 3.63) is 34.3 Å². The van der Waals surface area contributed by atoms with Gasteiger partial charge in [0.2, 0.25) is 0 Å². The van der Waals surface area contributed by atoms with Gasteiger partial charge in [-0.15, -0.1) is 12.4 Å². The van der Waals surface area contributed by atoms with Crippen LogP contribution in [0.4, 0.5) is 0 Å². The van der Waals surface area contributed by atoms with E-state index in [9.17, 15) is 4.79 Å². The largest absolute Gasteiger partial charge is 0.383 e. The summed E-state index contributed by atoms with van der Waals surface area (Å²) in [7, 11) is 1.68. The molecule has 1 fully saturated rings. The number of amides is 1. The second-order valence-corrected chi connectivity index (χ2v) is 5.80. The lowest BCUT2D eigenvalue weighted by atomic mass is 9.98. The molecule has 1 aromatic rings. The zero-order valence-corrected chi connectivity index (χ0v) is 13.9. The van der Waals surface area contributed by atoms with E-state index in [2.05, 4.69) is 10.6 Å². The summed E-state index contributed by atoms with van der Waals surface area (Å²) in [5, 5.41) is 7.02. The van der Waals surface area contributed by atoms with Crippen molar-refractivity contribution in [2.75, 3.05) is 26.8 Å². The number of rotatable bonds is 5. The predicted octanol–water partition coefficient (Wildman–Crippen LogP) is 2.57. The maximum atomic E-state index is 12.2. The Balaban J connectivity index is 0.00000220. The Kier molecular flexibility index (Phi) is 6.94. The van der Waals surface area contributed by atoms with Crippen molar-refractivity contribution < 1.29 is 9.53 Å². The lowest BCUT2D eigenvalue weighted by Crippen LogP contribution is -2.53. The van der Waals surface area contributed by atoms with E-state index >= 15 is 0 Å². The van der Waals surface area contributed by atoms with Gasteiger partial charge in [0.1, 0.15) is 0 Å². The van der Waals surface area contributed by atoms with Crippen LogP contribution in [0.3, 0.4) is 0 Å². The molecule has 4 nitrogen and oxygen atoms in total. The molecule has 0 bridgehead atoms. The minimum atomic E-state index is -0.140. The third kappa shape index (κ3) is 4.58. The van der Waals surface area contributed by atoms with Crippen LogP contribution in [0.5, 0.6) is 0 Å². The molecule has 6 heteroatoms. The van der Waals surface area contributed by atoms with Crippen LogP contribution in [-0.4, -0.2) is 38.3 Å². The molecule has 1 aliphatic rings. The Labute approximate surface area is 137 Å². The highest BCUT2D eigenvalue weighted by Crippen LogP contribution is 2.20. The summed E-state index contributed by atoms with van der Waals surface area (Å²) in [6, 6.07) is 5.36. The quantitative estimate of drug-likeness (QED) is 0.871. The highest BCUT2D eigenvalue weighted by Gasteiger charge is 2.33. The van der Waals surface area contributed by atoms with Crippen LogP contribution in [0.15, 0.2) is 18.2 Å². The van der Waals surface area contributed by atoms with Gasteiger partial charge in [0.05, 0.1) is 12.1 Å². The first-order valence-corrected chi connectivity index (χ1v) is 7.22.